The number of hydrogen-bond donors (Lipinski definition) is 1. The first kappa shape index (κ1) is 11.3. The molecule has 0 spiro atoms. The standard InChI is InChI=1S/C10H15N3O2S/c1-3-8-11-10(16-12-8)13-4-6(2)7(5-13)9(14)15/h6-7H,3-5H2,1-2H3,(H,14,15)/t6-,7-/m1/s1. The Morgan fingerprint density at radius 1 is 1.62 bits per heavy atom. The second-order valence-corrected chi connectivity index (χ2v) is 4.90. The lowest BCUT2D eigenvalue weighted by molar-refractivity contribution is -0.142. The molecule has 1 aromatic heterocycles. The van der Waals surface area contributed by atoms with E-state index in [-0.39, 0.29) is 11.8 Å². The quantitative estimate of drug-likeness (QED) is 0.863. The van der Waals surface area contributed by atoms with E-state index in [1.165, 1.54) is 11.5 Å². The number of carbonyl (C=O) groups is 1. The van der Waals surface area contributed by atoms with Crippen LogP contribution in [0, 0.1) is 11.8 Å². The van der Waals surface area contributed by atoms with E-state index in [9.17, 15) is 4.79 Å². The molecular formula is C10H15N3O2S. The maximum Gasteiger partial charge on any atom is 0.308 e. The Bertz CT molecular complexity index is 393. The Morgan fingerprint density at radius 2 is 2.38 bits per heavy atom. The van der Waals surface area contributed by atoms with E-state index in [4.69, 9.17) is 5.11 Å². The van der Waals surface area contributed by atoms with Crippen LogP contribution < -0.4 is 4.90 Å². The molecule has 0 aromatic carbocycles. The summed E-state index contributed by atoms with van der Waals surface area (Å²) in [4.78, 5) is 17.4. The summed E-state index contributed by atoms with van der Waals surface area (Å²) in [6, 6.07) is 0. The Kier molecular flexibility index (Phi) is 3.09. The van der Waals surface area contributed by atoms with Crippen molar-refractivity contribution in [2.75, 3.05) is 18.0 Å². The van der Waals surface area contributed by atoms with E-state index in [1.807, 2.05) is 18.7 Å². The van der Waals surface area contributed by atoms with Gasteiger partial charge in [-0.05, 0) is 5.92 Å². The molecule has 5 nitrogen and oxygen atoms in total. The van der Waals surface area contributed by atoms with Crippen molar-refractivity contribution in [3.63, 3.8) is 0 Å². The number of carboxylic acids is 1. The molecule has 1 fully saturated rings. The summed E-state index contributed by atoms with van der Waals surface area (Å²) in [5, 5.41) is 9.89. The zero-order valence-corrected chi connectivity index (χ0v) is 10.2. The van der Waals surface area contributed by atoms with Gasteiger partial charge in [0.05, 0.1) is 5.92 Å². The van der Waals surface area contributed by atoms with E-state index in [0.717, 1.165) is 23.9 Å². The van der Waals surface area contributed by atoms with Crippen molar-refractivity contribution in [3.05, 3.63) is 5.82 Å². The second kappa shape index (κ2) is 4.37. The number of nitrogens with zero attached hydrogens (tertiary/aromatic N) is 3. The molecule has 16 heavy (non-hydrogen) atoms. The maximum absolute atomic E-state index is 11.0. The molecule has 0 bridgehead atoms. The molecule has 1 aliphatic rings. The fraction of sp³-hybridized carbons (Fsp3) is 0.700. The van der Waals surface area contributed by atoms with E-state index in [1.54, 1.807) is 0 Å². The Balaban J connectivity index is 2.10. The Labute approximate surface area is 98.3 Å². The molecule has 88 valence electrons. The Hall–Kier alpha value is -1.17. The molecule has 1 aliphatic heterocycles. The minimum absolute atomic E-state index is 0.173. The van der Waals surface area contributed by atoms with Gasteiger partial charge < -0.3 is 10.0 Å². The number of rotatable bonds is 3. The summed E-state index contributed by atoms with van der Waals surface area (Å²) in [7, 11) is 0. The monoisotopic (exact) mass is 241 g/mol. The summed E-state index contributed by atoms with van der Waals surface area (Å²) < 4.78 is 4.22. The van der Waals surface area contributed by atoms with Crippen LogP contribution in [0.15, 0.2) is 0 Å². The highest BCUT2D eigenvalue weighted by Crippen LogP contribution is 2.29. The van der Waals surface area contributed by atoms with Gasteiger partial charge in [0.25, 0.3) is 0 Å². The molecule has 0 radical (unpaired) electrons. The van der Waals surface area contributed by atoms with Gasteiger partial charge in [-0.3, -0.25) is 4.79 Å². The molecule has 0 unspecified atom stereocenters. The van der Waals surface area contributed by atoms with Gasteiger partial charge in [-0.15, -0.1) is 0 Å². The van der Waals surface area contributed by atoms with Crippen molar-refractivity contribution in [3.8, 4) is 0 Å². The fourth-order valence-corrected chi connectivity index (χ4v) is 2.73. The molecule has 2 rings (SSSR count). The molecule has 2 heterocycles. The summed E-state index contributed by atoms with van der Waals surface area (Å²) in [5.41, 5.74) is 0. The number of hydrogen-bond acceptors (Lipinski definition) is 5. The SMILES string of the molecule is CCc1nsc(N2C[C@@H](C)[C@H](C(=O)O)C2)n1. The largest absolute Gasteiger partial charge is 0.481 e. The van der Waals surface area contributed by atoms with E-state index >= 15 is 0 Å². The predicted molar refractivity (Wildman–Crippen MR) is 61.8 cm³/mol. The van der Waals surface area contributed by atoms with Gasteiger partial charge in [-0.2, -0.15) is 4.37 Å². The number of carboxylic acid groups (broad SMARTS) is 1. The second-order valence-electron chi connectivity index (χ2n) is 4.17. The minimum Gasteiger partial charge on any atom is -0.481 e. The number of anilines is 1. The first-order valence-electron chi connectivity index (χ1n) is 5.42. The van der Waals surface area contributed by atoms with Gasteiger partial charge in [0.1, 0.15) is 5.82 Å². The third-order valence-corrected chi connectivity index (χ3v) is 3.79. The molecule has 1 N–H and O–H groups in total. The lowest BCUT2D eigenvalue weighted by atomic mass is 9.99. The van der Waals surface area contributed by atoms with Crippen molar-refractivity contribution in [2.24, 2.45) is 11.8 Å². The summed E-state index contributed by atoms with van der Waals surface area (Å²) >= 11 is 1.36. The van der Waals surface area contributed by atoms with Crippen molar-refractivity contribution >= 4 is 22.6 Å². The maximum atomic E-state index is 11.0. The van der Waals surface area contributed by atoms with Crippen LogP contribution in [-0.4, -0.2) is 33.5 Å². The molecule has 1 saturated heterocycles. The van der Waals surface area contributed by atoms with Crippen molar-refractivity contribution < 1.29 is 9.90 Å². The van der Waals surface area contributed by atoms with Gasteiger partial charge in [-0.25, -0.2) is 4.98 Å². The Morgan fingerprint density at radius 3 is 2.88 bits per heavy atom. The van der Waals surface area contributed by atoms with E-state index in [0.29, 0.717) is 6.54 Å². The summed E-state index contributed by atoms with van der Waals surface area (Å²) in [6.45, 7) is 5.29. The molecular weight excluding hydrogens is 226 g/mol. The highest BCUT2D eigenvalue weighted by Gasteiger charge is 2.35. The van der Waals surface area contributed by atoms with E-state index < -0.39 is 5.97 Å². The zero-order chi connectivity index (χ0) is 11.7. The van der Waals surface area contributed by atoms with Crippen molar-refractivity contribution in [1.29, 1.82) is 0 Å². The highest BCUT2D eigenvalue weighted by atomic mass is 32.1. The molecule has 0 aliphatic carbocycles. The van der Waals surface area contributed by atoms with Crippen LogP contribution in [0.2, 0.25) is 0 Å². The average molecular weight is 241 g/mol. The van der Waals surface area contributed by atoms with Crippen LogP contribution in [0.4, 0.5) is 5.13 Å². The lowest BCUT2D eigenvalue weighted by Gasteiger charge is -2.12. The molecule has 2 atom stereocenters. The minimum atomic E-state index is -0.713. The van der Waals surface area contributed by atoms with Crippen LogP contribution in [-0.2, 0) is 11.2 Å². The smallest absolute Gasteiger partial charge is 0.308 e. The summed E-state index contributed by atoms with van der Waals surface area (Å²) in [5.74, 6) is 0.0158. The predicted octanol–water partition coefficient (Wildman–Crippen LogP) is 1.26. The molecule has 1 aromatic rings. The molecule has 6 heteroatoms. The average Bonchev–Trinajstić information content (AvgIpc) is 2.83. The topological polar surface area (TPSA) is 66.3 Å². The molecule has 0 saturated carbocycles. The molecule has 0 amide bonds. The van der Waals surface area contributed by atoms with Gasteiger partial charge in [0, 0.05) is 31.0 Å². The fourth-order valence-electron chi connectivity index (χ4n) is 1.96. The zero-order valence-electron chi connectivity index (χ0n) is 9.38. The van der Waals surface area contributed by atoms with Crippen LogP contribution in [0.5, 0.6) is 0 Å². The van der Waals surface area contributed by atoms with Gasteiger partial charge in [0.15, 0.2) is 0 Å². The van der Waals surface area contributed by atoms with Crippen LogP contribution in [0.1, 0.15) is 19.7 Å². The highest BCUT2D eigenvalue weighted by molar-refractivity contribution is 7.09. The number of aromatic nitrogens is 2. The third kappa shape index (κ3) is 2.02. The van der Waals surface area contributed by atoms with Crippen molar-refractivity contribution in [2.45, 2.75) is 20.3 Å². The number of aryl methyl sites for hydroxylation is 1. The van der Waals surface area contributed by atoms with Gasteiger partial charge in [-0.1, -0.05) is 13.8 Å². The van der Waals surface area contributed by atoms with Crippen LogP contribution in [0.3, 0.4) is 0 Å². The first-order chi connectivity index (χ1) is 7.61. The van der Waals surface area contributed by atoms with Crippen molar-refractivity contribution in [1.82, 2.24) is 9.36 Å². The van der Waals surface area contributed by atoms with Gasteiger partial charge in [0.2, 0.25) is 5.13 Å². The summed E-state index contributed by atoms with van der Waals surface area (Å²) in [6.07, 6.45) is 0.822. The van der Waals surface area contributed by atoms with E-state index in [2.05, 4.69) is 9.36 Å². The lowest BCUT2D eigenvalue weighted by Crippen LogP contribution is -2.22. The number of aliphatic carboxylic acids is 1. The first-order valence-corrected chi connectivity index (χ1v) is 6.19. The normalized spacial score (nSPS) is 25.0. The van der Waals surface area contributed by atoms with Crippen LogP contribution >= 0.6 is 11.5 Å². The van der Waals surface area contributed by atoms with Crippen LogP contribution in [0.25, 0.3) is 0 Å². The van der Waals surface area contributed by atoms with Gasteiger partial charge >= 0.3 is 5.97 Å². The third-order valence-electron chi connectivity index (χ3n) is 2.97.